The maximum Gasteiger partial charge on any atom is 0.0540 e. The lowest BCUT2D eigenvalue weighted by Gasteiger charge is -2.30. The van der Waals surface area contributed by atoms with Crippen LogP contribution >= 0.6 is 22.7 Å². The molecule has 0 aliphatic heterocycles. The predicted octanol–water partition coefficient (Wildman–Crippen LogP) is 21.3. The molecule has 0 amide bonds. The van der Waals surface area contributed by atoms with Crippen molar-refractivity contribution in [2.24, 2.45) is 0 Å². The molecule has 0 atom stereocenters. The smallest absolute Gasteiger partial charge is 0.0540 e. The van der Waals surface area contributed by atoms with Crippen LogP contribution in [0.5, 0.6) is 0 Å². The maximum atomic E-state index is 2.48. The van der Waals surface area contributed by atoms with Gasteiger partial charge in [0.1, 0.15) is 0 Å². The van der Waals surface area contributed by atoms with E-state index in [0.717, 1.165) is 34.1 Å². The average Bonchev–Trinajstić information content (AvgIpc) is 4.04. The molecule has 0 aliphatic rings. The Morgan fingerprint density at radius 2 is 0.622 bits per heavy atom. The van der Waals surface area contributed by atoms with Gasteiger partial charge in [0.15, 0.2) is 0 Å². The molecule has 12 aromatic carbocycles. The lowest BCUT2D eigenvalue weighted by Crippen LogP contribution is -2.13. The molecule has 2 heterocycles. The van der Waals surface area contributed by atoms with Gasteiger partial charge in [0.25, 0.3) is 0 Å². The van der Waals surface area contributed by atoms with E-state index >= 15 is 0 Å². The van der Waals surface area contributed by atoms with E-state index in [2.05, 4.69) is 278 Å². The second-order valence-electron chi connectivity index (χ2n) is 19.3. The summed E-state index contributed by atoms with van der Waals surface area (Å²) in [4.78, 5) is 4.96. The van der Waals surface area contributed by atoms with E-state index in [0.29, 0.717) is 0 Å². The van der Waals surface area contributed by atoms with Gasteiger partial charge in [-0.2, -0.15) is 0 Å². The molecule has 0 saturated carbocycles. The fourth-order valence-electron chi connectivity index (χ4n) is 11.4. The molecule has 0 bridgehead atoms. The van der Waals surface area contributed by atoms with Gasteiger partial charge in [-0.25, -0.2) is 0 Å². The van der Waals surface area contributed by atoms with Crippen LogP contribution < -0.4 is 9.80 Å². The molecule has 14 aromatic rings. The van der Waals surface area contributed by atoms with Crippen LogP contribution in [0.15, 0.2) is 255 Å². The summed E-state index contributed by atoms with van der Waals surface area (Å²) in [5.74, 6) is 0. The van der Waals surface area contributed by atoms with E-state index in [1.807, 2.05) is 22.7 Å². The molecular formula is C70H48N2S2. The number of aryl methyl sites for hydroxylation is 2. The number of hydrogen-bond acceptors (Lipinski definition) is 4. The Labute approximate surface area is 438 Å². The third-order valence-electron chi connectivity index (χ3n) is 14.9. The molecular weight excluding hydrogens is 933 g/mol. The normalized spacial score (nSPS) is 11.6. The lowest BCUT2D eigenvalue weighted by molar-refractivity contribution is 1.25. The molecule has 2 aromatic heterocycles. The molecule has 0 saturated heterocycles. The standard InChI is InChI=1S/C70H48N2S2/c1-45-41-49(33-37-63(45)71(51-35-39-69-61(43-51)59-25-9-13-31-67(59)73-69)65-29-11-7-23-57(65)55-27-15-19-47-17-3-5-21-53(47)55)50-34-38-64(46(2)42-50)72(52-36-40-70-62(44-52)60-26-10-14-32-68(60)74-70)66-30-12-8-24-58(66)56-28-16-20-48-18-4-6-22-54(48)56/h3-44H,1-2H3. The summed E-state index contributed by atoms with van der Waals surface area (Å²) in [5.41, 5.74) is 16.3. The van der Waals surface area contributed by atoms with Gasteiger partial charge >= 0.3 is 0 Å². The first-order valence-corrected chi connectivity index (χ1v) is 26.9. The second kappa shape index (κ2) is 18.0. The summed E-state index contributed by atoms with van der Waals surface area (Å²) in [5, 5.41) is 10.1. The summed E-state index contributed by atoms with van der Waals surface area (Å²) in [6.45, 7) is 4.53. The quantitative estimate of drug-likeness (QED) is 0.142. The van der Waals surface area contributed by atoms with Gasteiger partial charge in [0.2, 0.25) is 0 Å². The van der Waals surface area contributed by atoms with Crippen molar-refractivity contribution in [3.05, 3.63) is 266 Å². The van der Waals surface area contributed by atoms with Gasteiger partial charge in [-0.3, -0.25) is 0 Å². The molecule has 0 unspecified atom stereocenters. The highest BCUT2D eigenvalue weighted by molar-refractivity contribution is 7.26. The molecule has 0 N–H and O–H groups in total. The van der Waals surface area contributed by atoms with Crippen molar-refractivity contribution in [1.82, 2.24) is 0 Å². The number of anilines is 6. The minimum atomic E-state index is 1.13. The van der Waals surface area contributed by atoms with Gasteiger partial charge in [0.05, 0.1) is 11.4 Å². The Morgan fingerprint density at radius 1 is 0.257 bits per heavy atom. The van der Waals surface area contributed by atoms with E-state index in [-0.39, 0.29) is 0 Å². The SMILES string of the molecule is Cc1cc(-c2ccc(N(c3ccc4sc5ccccc5c4c3)c3ccccc3-c3cccc4ccccc34)c(C)c2)ccc1N(c1ccc2sc3ccccc3c2c1)c1ccccc1-c1cccc2ccccc12. The molecule has 0 fully saturated rings. The highest BCUT2D eigenvalue weighted by atomic mass is 32.1. The number of para-hydroxylation sites is 2. The predicted molar refractivity (Wildman–Crippen MR) is 322 cm³/mol. The summed E-state index contributed by atoms with van der Waals surface area (Å²) in [7, 11) is 0. The Kier molecular flexibility index (Phi) is 10.7. The van der Waals surface area contributed by atoms with Crippen LogP contribution in [0.4, 0.5) is 34.1 Å². The lowest BCUT2D eigenvalue weighted by atomic mass is 9.94. The van der Waals surface area contributed by atoms with E-state index in [4.69, 9.17) is 0 Å². The highest BCUT2D eigenvalue weighted by Crippen LogP contribution is 2.49. The van der Waals surface area contributed by atoms with Crippen molar-refractivity contribution in [3.63, 3.8) is 0 Å². The van der Waals surface area contributed by atoms with Crippen LogP contribution in [0.25, 0.3) is 95.3 Å². The maximum absolute atomic E-state index is 2.48. The molecule has 14 rings (SSSR count). The molecule has 0 radical (unpaired) electrons. The van der Waals surface area contributed by atoms with Gasteiger partial charge in [-0.05, 0) is 154 Å². The van der Waals surface area contributed by atoms with Crippen LogP contribution in [0.3, 0.4) is 0 Å². The summed E-state index contributed by atoms with van der Waals surface area (Å²) in [6, 6.07) is 94.2. The van der Waals surface area contributed by atoms with Crippen LogP contribution in [-0.4, -0.2) is 0 Å². The zero-order valence-electron chi connectivity index (χ0n) is 41.0. The molecule has 2 nitrogen and oxygen atoms in total. The Morgan fingerprint density at radius 3 is 1.08 bits per heavy atom. The Bertz CT molecular complexity index is 4200. The average molecular weight is 981 g/mol. The highest BCUT2D eigenvalue weighted by Gasteiger charge is 2.24. The largest absolute Gasteiger partial charge is 0.310 e. The summed E-state index contributed by atoms with van der Waals surface area (Å²) in [6.07, 6.45) is 0. The Hall–Kier alpha value is -8.80. The molecule has 74 heavy (non-hydrogen) atoms. The molecule has 4 heteroatoms. The number of rotatable bonds is 9. The summed E-state index contributed by atoms with van der Waals surface area (Å²) < 4.78 is 5.19. The third-order valence-corrected chi connectivity index (χ3v) is 17.2. The number of fused-ring (bicyclic) bond motifs is 8. The minimum Gasteiger partial charge on any atom is -0.310 e. The van der Waals surface area contributed by atoms with Crippen molar-refractivity contribution in [2.45, 2.75) is 13.8 Å². The first kappa shape index (κ1) is 43.9. The van der Waals surface area contributed by atoms with Gasteiger partial charge in [-0.15, -0.1) is 22.7 Å². The zero-order chi connectivity index (χ0) is 49.3. The topological polar surface area (TPSA) is 6.48 Å². The zero-order valence-corrected chi connectivity index (χ0v) is 42.6. The first-order chi connectivity index (χ1) is 36.5. The number of thiophene rings is 2. The van der Waals surface area contributed by atoms with Crippen LogP contribution in [0.2, 0.25) is 0 Å². The Balaban J connectivity index is 0.908. The van der Waals surface area contributed by atoms with Gasteiger partial charge in [-0.1, -0.05) is 170 Å². The van der Waals surface area contributed by atoms with Crippen molar-refractivity contribution in [2.75, 3.05) is 9.80 Å². The summed E-state index contributed by atoms with van der Waals surface area (Å²) >= 11 is 3.72. The number of hydrogen-bond donors (Lipinski definition) is 0. The van der Waals surface area contributed by atoms with Crippen molar-refractivity contribution >= 4 is 119 Å². The molecule has 0 aliphatic carbocycles. The van der Waals surface area contributed by atoms with Crippen molar-refractivity contribution < 1.29 is 0 Å². The van der Waals surface area contributed by atoms with E-state index in [9.17, 15) is 0 Å². The van der Waals surface area contributed by atoms with Crippen molar-refractivity contribution in [1.29, 1.82) is 0 Å². The fourth-order valence-corrected chi connectivity index (χ4v) is 13.6. The van der Waals surface area contributed by atoms with Gasteiger partial charge in [0, 0.05) is 74.2 Å². The number of nitrogens with zero attached hydrogens (tertiary/aromatic N) is 2. The van der Waals surface area contributed by atoms with E-state index < -0.39 is 0 Å². The van der Waals surface area contributed by atoms with E-state index in [1.165, 1.54) is 106 Å². The van der Waals surface area contributed by atoms with Crippen LogP contribution in [0.1, 0.15) is 11.1 Å². The minimum absolute atomic E-state index is 1.13. The fraction of sp³-hybridized carbons (Fsp3) is 0.0286. The van der Waals surface area contributed by atoms with E-state index in [1.54, 1.807) is 0 Å². The molecule has 0 spiro atoms. The monoisotopic (exact) mass is 980 g/mol. The van der Waals surface area contributed by atoms with Crippen LogP contribution in [0, 0.1) is 13.8 Å². The second-order valence-corrected chi connectivity index (χ2v) is 21.5. The third kappa shape index (κ3) is 7.45. The van der Waals surface area contributed by atoms with Crippen LogP contribution in [-0.2, 0) is 0 Å². The molecule has 350 valence electrons. The number of benzene rings is 12. The van der Waals surface area contributed by atoms with Crippen molar-refractivity contribution in [3.8, 4) is 33.4 Å². The van der Waals surface area contributed by atoms with Gasteiger partial charge < -0.3 is 9.80 Å². The first-order valence-electron chi connectivity index (χ1n) is 25.3.